The van der Waals surface area contributed by atoms with Gasteiger partial charge in [0, 0.05) is 17.9 Å². The van der Waals surface area contributed by atoms with Crippen LogP contribution in [-0.2, 0) is 25.5 Å². The van der Waals surface area contributed by atoms with E-state index in [1.165, 1.54) is 0 Å². The summed E-state index contributed by atoms with van der Waals surface area (Å²) in [6.45, 7) is 10.1. The lowest BCUT2D eigenvalue weighted by Gasteiger charge is -2.34. The average Bonchev–Trinajstić information content (AvgIpc) is 3.14. The van der Waals surface area contributed by atoms with Crippen LogP contribution in [0.25, 0.3) is 5.65 Å². The smallest absolute Gasteiger partial charge is 0.307 e. The first-order valence-corrected chi connectivity index (χ1v) is 14.0. The fraction of sp³-hybridized carbons (Fsp3) is 0.690. The summed E-state index contributed by atoms with van der Waals surface area (Å²) in [4.78, 5) is 45.7. The van der Waals surface area contributed by atoms with Crippen molar-refractivity contribution in [3.05, 3.63) is 24.2 Å². The summed E-state index contributed by atoms with van der Waals surface area (Å²) < 4.78 is 14.2. The van der Waals surface area contributed by atoms with Gasteiger partial charge >= 0.3 is 5.97 Å². The summed E-state index contributed by atoms with van der Waals surface area (Å²) >= 11 is 0. The maximum absolute atomic E-state index is 13.9. The molecule has 1 saturated heterocycles. The topological polar surface area (TPSA) is 103 Å². The highest BCUT2D eigenvalue weighted by Crippen LogP contribution is 2.50. The molecule has 9 nitrogen and oxygen atoms in total. The van der Waals surface area contributed by atoms with Gasteiger partial charge in [0.25, 0.3) is 0 Å². The minimum atomic E-state index is -0.634. The number of aromatic nitrogens is 3. The zero-order valence-corrected chi connectivity index (χ0v) is 23.2. The lowest BCUT2D eigenvalue weighted by molar-refractivity contribution is -0.158. The molecule has 1 amide bonds. The third kappa shape index (κ3) is 5.16. The molecule has 0 aromatic carbocycles. The molecule has 0 radical (unpaired) electrons. The molecule has 0 unspecified atom stereocenters. The predicted molar refractivity (Wildman–Crippen MR) is 140 cm³/mol. The Kier molecular flexibility index (Phi) is 6.99. The highest BCUT2D eigenvalue weighted by Gasteiger charge is 2.54. The van der Waals surface area contributed by atoms with Crippen molar-refractivity contribution in [2.45, 2.75) is 97.3 Å². The number of amides is 1. The van der Waals surface area contributed by atoms with E-state index in [0.717, 1.165) is 56.2 Å². The molecule has 2 aliphatic heterocycles. The van der Waals surface area contributed by atoms with Gasteiger partial charge in [-0.2, -0.15) is 5.10 Å². The van der Waals surface area contributed by atoms with Gasteiger partial charge in [-0.1, -0.05) is 40.5 Å². The molecule has 38 heavy (non-hydrogen) atoms. The molecule has 3 aliphatic rings. The van der Waals surface area contributed by atoms with Crippen molar-refractivity contribution in [3.63, 3.8) is 0 Å². The largest absolute Gasteiger partial charge is 0.485 e. The maximum atomic E-state index is 13.9. The first-order valence-electron chi connectivity index (χ1n) is 14.0. The third-order valence-corrected chi connectivity index (χ3v) is 8.87. The second-order valence-corrected chi connectivity index (χ2v) is 12.7. The number of hydrogen-bond donors (Lipinski definition) is 0. The molecule has 1 saturated carbocycles. The van der Waals surface area contributed by atoms with Gasteiger partial charge in [0.05, 0.1) is 43.0 Å². The second-order valence-electron chi connectivity index (χ2n) is 12.7. The highest BCUT2D eigenvalue weighted by molar-refractivity contribution is 5.87. The van der Waals surface area contributed by atoms with Gasteiger partial charge < -0.3 is 19.2 Å². The molecule has 2 fully saturated rings. The van der Waals surface area contributed by atoms with Crippen molar-refractivity contribution in [3.8, 4) is 5.75 Å². The van der Waals surface area contributed by atoms with Crippen LogP contribution in [0.2, 0.25) is 0 Å². The molecular weight excluding hydrogens is 484 g/mol. The van der Waals surface area contributed by atoms with Gasteiger partial charge in [-0.25, -0.2) is 9.50 Å². The summed E-state index contributed by atoms with van der Waals surface area (Å²) in [7, 11) is 0. The standard InChI is InChI=1S/C29H40N4O5/c1-18-22(17-34)32-15-23(18)37-24-16-33-25(11-12-30-33)31-21(24)10-8-6-7-9-19-14-29(19,5)38-26(35)13-20(27(32)36)28(2,3)4/h11-12,16-20,22-23H,6-10,13-15H2,1-5H3/t18-,19+,20+,22+,23-,29+/m0/s1. The van der Waals surface area contributed by atoms with Crippen LogP contribution in [0, 0.1) is 23.2 Å². The normalized spacial score (nSPS) is 33.0. The van der Waals surface area contributed by atoms with Gasteiger partial charge in [-0.3, -0.25) is 9.59 Å². The minimum Gasteiger partial charge on any atom is -0.485 e. The van der Waals surface area contributed by atoms with Crippen LogP contribution in [0.3, 0.4) is 0 Å². The number of hydrogen-bond acceptors (Lipinski definition) is 7. The summed E-state index contributed by atoms with van der Waals surface area (Å²) in [5, 5.41) is 4.32. The molecule has 6 atom stereocenters. The number of carbonyl (C=O) groups is 3. The molecular formula is C29H40N4O5. The van der Waals surface area contributed by atoms with Crippen LogP contribution in [0.5, 0.6) is 5.75 Å². The van der Waals surface area contributed by atoms with Crippen LogP contribution < -0.4 is 4.74 Å². The highest BCUT2D eigenvalue weighted by atomic mass is 16.6. The quantitative estimate of drug-likeness (QED) is 0.410. The Bertz CT molecular complexity index is 1220. The Labute approximate surface area is 224 Å². The van der Waals surface area contributed by atoms with Gasteiger partial charge in [0.1, 0.15) is 18.0 Å². The Hall–Kier alpha value is -2.97. The SMILES string of the molecule is C[C@@H]1[C@@H]2CN(C(=O)[C@H](C(C)(C)C)CC(=O)O[C@]3(C)C[C@H]3CCCCCc3nc4ccnn4cc3O2)[C@@H]1C=O. The molecule has 9 heteroatoms. The molecule has 206 valence electrons. The number of esters is 1. The first-order chi connectivity index (χ1) is 18.0. The predicted octanol–water partition coefficient (Wildman–Crippen LogP) is 4.01. The van der Waals surface area contributed by atoms with Crippen molar-refractivity contribution in [2.75, 3.05) is 6.54 Å². The molecule has 2 aromatic heterocycles. The average molecular weight is 525 g/mol. The van der Waals surface area contributed by atoms with E-state index in [0.29, 0.717) is 11.7 Å². The van der Waals surface area contributed by atoms with E-state index in [2.05, 4.69) is 5.10 Å². The zero-order chi connectivity index (χ0) is 27.2. The van der Waals surface area contributed by atoms with Gasteiger partial charge in [0.2, 0.25) is 5.91 Å². The fourth-order valence-electron chi connectivity index (χ4n) is 6.13. The summed E-state index contributed by atoms with van der Waals surface area (Å²) in [5.74, 6) is -0.379. The van der Waals surface area contributed by atoms with Crippen LogP contribution in [0.4, 0.5) is 0 Å². The Balaban J connectivity index is 1.48. The number of aldehydes is 1. The lowest BCUT2D eigenvalue weighted by atomic mass is 9.77. The van der Waals surface area contributed by atoms with E-state index >= 15 is 0 Å². The van der Waals surface area contributed by atoms with Crippen LogP contribution >= 0.6 is 0 Å². The summed E-state index contributed by atoms with van der Waals surface area (Å²) in [6, 6.07) is 1.24. The Morgan fingerprint density at radius 2 is 1.97 bits per heavy atom. The van der Waals surface area contributed by atoms with Crippen molar-refractivity contribution < 1.29 is 23.9 Å². The van der Waals surface area contributed by atoms with E-state index in [-0.39, 0.29) is 36.9 Å². The van der Waals surface area contributed by atoms with Crippen LogP contribution in [0.1, 0.15) is 78.8 Å². The number of carbonyl (C=O) groups excluding carboxylic acids is 3. The Morgan fingerprint density at radius 3 is 2.71 bits per heavy atom. The van der Waals surface area contributed by atoms with Gasteiger partial charge in [-0.05, 0) is 38.0 Å². The van der Waals surface area contributed by atoms with E-state index < -0.39 is 23.0 Å². The van der Waals surface area contributed by atoms with Crippen molar-refractivity contribution in [2.24, 2.45) is 23.2 Å². The third-order valence-electron chi connectivity index (χ3n) is 8.87. The monoisotopic (exact) mass is 524 g/mol. The number of fused-ring (bicyclic) bond motifs is 5. The maximum Gasteiger partial charge on any atom is 0.307 e. The van der Waals surface area contributed by atoms with Gasteiger partial charge in [-0.15, -0.1) is 0 Å². The molecule has 2 aromatic rings. The summed E-state index contributed by atoms with van der Waals surface area (Å²) in [5.41, 5.74) is 0.706. The first kappa shape index (κ1) is 26.6. The van der Waals surface area contributed by atoms with E-state index in [4.69, 9.17) is 14.5 Å². The van der Waals surface area contributed by atoms with E-state index in [9.17, 15) is 14.4 Å². The van der Waals surface area contributed by atoms with Crippen molar-refractivity contribution in [1.29, 1.82) is 0 Å². The van der Waals surface area contributed by atoms with Crippen LogP contribution in [-0.4, -0.2) is 62.0 Å². The molecule has 0 spiro atoms. The number of nitrogens with zero attached hydrogens (tertiary/aromatic N) is 4. The molecule has 4 heterocycles. The minimum absolute atomic E-state index is 0.00331. The van der Waals surface area contributed by atoms with E-state index in [1.807, 2.05) is 46.9 Å². The molecule has 5 rings (SSSR count). The number of ether oxygens (including phenoxy) is 2. The number of rotatable bonds is 1. The second kappa shape index (κ2) is 9.97. The lowest BCUT2D eigenvalue weighted by Crippen LogP contribution is -2.46. The van der Waals surface area contributed by atoms with Crippen molar-refractivity contribution in [1.82, 2.24) is 19.5 Å². The molecule has 1 aliphatic carbocycles. The zero-order valence-electron chi connectivity index (χ0n) is 23.2. The Morgan fingerprint density at radius 1 is 1.18 bits per heavy atom. The molecule has 2 bridgehead atoms. The molecule has 0 N–H and O–H groups in total. The summed E-state index contributed by atoms with van der Waals surface area (Å²) in [6.07, 6.45) is 9.71. The van der Waals surface area contributed by atoms with Gasteiger partial charge in [0.15, 0.2) is 11.4 Å². The van der Waals surface area contributed by atoms with Crippen LogP contribution in [0.15, 0.2) is 18.5 Å². The van der Waals surface area contributed by atoms with E-state index in [1.54, 1.807) is 15.6 Å². The number of aryl methyl sites for hydroxylation is 1. The van der Waals surface area contributed by atoms with Crippen molar-refractivity contribution >= 4 is 23.8 Å². The fourth-order valence-corrected chi connectivity index (χ4v) is 6.13.